The van der Waals surface area contributed by atoms with Gasteiger partial charge in [0, 0.05) is 23.5 Å². The van der Waals surface area contributed by atoms with E-state index in [0.29, 0.717) is 22.6 Å². The van der Waals surface area contributed by atoms with E-state index >= 15 is 0 Å². The Kier molecular flexibility index (Phi) is 3.92. The van der Waals surface area contributed by atoms with Crippen LogP contribution in [0.15, 0.2) is 48.8 Å². The first kappa shape index (κ1) is 15.9. The van der Waals surface area contributed by atoms with Crippen LogP contribution in [0, 0.1) is 6.92 Å². The largest absolute Gasteiger partial charge is 0.451 e. The van der Waals surface area contributed by atoms with E-state index in [2.05, 4.69) is 15.0 Å². The summed E-state index contributed by atoms with van der Waals surface area (Å²) in [7, 11) is 0. The molecule has 0 spiro atoms. The van der Waals surface area contributed by atoms with Crippen LogP contribution in [0.25, 0.3) is 22.5 Å². The average molecular weight is 330 g/mol. The van der Waals surface area contributed by atoms with Crippen molar-refractivity contribution in [3.8, 4) is 22.5 Å². The molecule has 7 heteroatoms. The van der Waals surface area contributed by atoms with Crippen molar-refractivity contribution in [1.82, 2.24) is 15.0 Å². The van der Waals surface area contributed by atoms with Gasteiger partial charge in [-0.15, -0.1) is 0 Å². The van der Waals surface area contributed by atoms with E-state index in [1.807, 2.05) is 30.3 Å². The molecule has 2 heterocycles. The third-order valence-corrected chi connectivity index (χ3v) is 3.47. The third-order valence-electron chi connectivity index (χ3n) is 3.47. The van der Waals surface area contributed by atoms with E-state index in [1.54, 1.807) is 13.0 Å². The summed E-state index contributed by atoms with van der Waals surface area (Å²) < 4.78 is 37.7. The third kappa shape index (κ3) is 3.05. The summed E-state index contributed by atoms with van der Waals surface area (Å²) in [4.78, 5) is 11.3. The highest BCUT2D eigenvalue weighted by molar-refractivity contribution is 5.77. The summed E-state index contributed by atoms with van der Waals surface area (Å²) in [6, 6.07) is 11.1. The number of nitrogens with zero attached hydrogens (tertiary/aromatic N) is 3. The fourth-order valence-corrected chi connectivity index (χ4v) is 2.35. The van der Waals surface area contributed by atoms with Gasteiger partial charge >= 0.3 is 6.18 Å². The molecule has 0 saturated heterocycles. The molecule has 0 atom stereocenters. The molecular weight excluding hydrogens is 317 g/mol. The summed E-state index contributed by atoms with van der Waals surface area (Å²) in [5.74, 6) is -1.18. The highest BCUT2D eigenvalue weighted by atomic mass is 19.4. The molecule has 0 fully saturated rings. The number of aromatic nitrogens is 3. The smallest absolute Gasteiger partial charge is 0.397 e. The maximum Gasteiger partial charge on any atom is 0.451 e. The normalized spacial score (nSPS) is 11.5. The molecule has 24 heavy (non-hydrogen) atoms. The number of benzene rings is 1. The SMILES string of the molecule is Cc1cc(N)c(-c2ccccc2)nc1-c1cnc(C(F)(F)F)nc1. The molecular formula is C17H13F3N4. The zero-order chi connectivity index (χ0) is 17.3. The van der Waals surface area contributed by atoms with Crippen molar-refractivity contribution in [3.63, 3.8) is 0 Å². The number of nitrogen functional groups attached to an aromatic ring is 1. The fourth-order valence-electron chi connectivity index (χ4n) is 2.35. The lowest BCUT2D eigenvalue weighted by Crippen LogP contribution is -2.10. The molecule has 122 valence electrons. The second-order valence-corrected chi connectivity index (χ2v) is 5.25. The Morgan fingerprint density at radius 3 is 2.12 bits per heavy atom. The zero-order valence-electron chi connectivity index (χ0n) is 12.7. The van der Waals surface area contributed by atoms with Crippen LogP contribution in [0.2, 0.25) is 0 Å². The number of anilines is 1. The van der Waals surface area contributed by atoms with Crippen molar-refractivity contribution in [2.45, 2.75) is 13.1 Å². The van der Waals surface area contributed by atoms with Gasteiger partial charge in [0.2, 0.25) is 5.82 Å². The number of pyridine rings is 1. The van der Waals surface area contributed by atoms with Crippen molar-refractivity contribution in [1.29, 1.82) is 0 Å². The van der Waals surface area contributed by atoms with Crippen LogP contribution in [0.5, 0.6) is 0 Å². The van der Waals surface area contributed by atoms with Crippen molar-refractivity contribution in [2.24, 2.45) is 0 Å². The van der Waals surface area contributed by atoms with Crippen molar-refractivity contribution in [2.75, 3.05) is 5.73 Å². The van der Waals surface area contributed by atoms with Crippen LogP contribution in [-0.2, 0) is 6.18 Å². The van der Waals surface area contributed by atoms with E-state index < -0.39 is 12.0 Å². The predicted molar refractivity (Wildman–Crippen MR) is 84.9 cm³/mol. The fraction of sp³-hybridized carbons (Fsp3) is 0.118. The minimum absolute atomic E-state index is 0.401. The number of aryl methyl sites for hydroxylation is 1. The first-order valence-corrected chi connectivity index (χ1v) is 7.08. The van der Waals surface area contributed by atoms with Gasteiger partial charge in [0.25, 0.3) is 0 Å². The molecule has 3 aromatic rings. The quantitative estimate of drug-likeness (QED) is 0.768. The Labute approximate surface area is 136 Å². The van der Waals surface area contributed by atoms with Gasteiger partial charge in [0.1, 0.15) is 0 Å². The van der Waals surface area contributed by atoms with Gasteiger partial charge in [-0.05, 0) is 18.6 Å². The Morgan fingerprint density at radius 2 is 1.54 bits per heavy atom. The van der Waals surface area contributed by atoms with Gasteiger partial charge in [-0.1, -0.05) is 30.3 Å². The van der Waals surface area contributed by atoms with Crippen LogP contribution in [0.1, 0.15) is 11.4 Å². The van der Waals surface area contributed by atoms with Gasteiger partial charge in [-0.2, -0.15) is 13.2 Å². The number of rotatable bonds is 2. The van der Waals surface area contributed by atoms with Crippen LogP contribution >= 0.6 is 0 Å². The second-order valence-electron chi connectivity index (χ2n) is 5.25. The molecule has 1 aromatic carbocycles. The molecule has 2 N–H and O–H groups in total. The van der Waals surface area contributed by atoms with Gasteiger partial charge in [0.15, 0.2) is 0 Å². The highest BCUT2D eigenvalue weighted by Gasteiger charge is 2.34. The summed E-state index contributed by atoms with van der Waals surface area (Å²) in [5, 5.41) is 0. The number of hydrogen-bond acceptors (Lipinski definition) is 4. The lowest BCUT2D eigenvalue weighted by molar-refractivity contribution is -0.144. The molecule has 0 bridgehead atoms. The highest BCUT2D eigenvalue weighted by Crippen LogP contribution is 2.31. The monoisotopic (exact) mass is 330 g/mol. The molecule has 0 radical (unpaired) electrons. The lowest BCUT2D eigenvalue weighted by Gasteiger charge is -2.12. The predicted octanol–water partition coefficient (Wildman–Crippen LogP) is 4.12. The van der Waals surface area contributed by atoms with Crippen molar-refractivity contribution in [3.05, 3.63) is 60.2 Å². The lowest BCUT2D eigenvalue weighted by atomic mass is 10.0. The van der Waals surface area contributed by atoms with Gasteiger partial charge in [-0.3, -0.25) is 0 Å². The minimum atomic E-state index is -4.57. The maximum absolute atomic E-state index is 12.6. The molecule has 0 aliphatic carbocycles. The van der Waals surface area contributed by atoms with Crippen LogP contribution in [0.4, 0.5) is 18.9 Å². The number of hydrogen-bond donors (Lipinski definition) is 1. The first-order chi connectivity index (χ1) is 11.4. The van der Waals surface area contributed by atoms with Crippen molar-refractivity contribution < 1.29 is 13.2 Å². The van der Waals surface area contributed by atoms with E-state index in [0.717, 1.165) is 23.5 Å². The van der Waals surface area contributed by atoms with E-state index in [-0.39, 0.29) is 0 Å². The number of alkyl halides is 3. The Balaban J connectivity index is 2.08. The van der Waals surface area contributed by atoms with Crippen molar-refractivity contribution >= 4 is 5.69 Å². The summed E-state index contributed by atoms with van der Waals surface area (Å²) >= 11 is 0. The molecule has 3 rings (SSSR count). The molecule has 4 nitrogen and oxygen atoms in total. The van der Waals surface area contributed by atoms with Gasteiger partial charge < -0.3 is 5.73 Å². The van der Waals surface area contributed by atoms with E-state index in [1.165, 1.54) is 0 Å². The molecule has 0 saturated carbocycles. The second kappa shape index (κ2) is 5.92. The summed E-state index contributed by atoms with van der Waals surface area (Å²) in [6.45, 7) is 1.78. The molecule has 2 aromatic heterocycles. The number of nitrogens with two attached hydrogens (primary N) is 1. The number of halogens is 3. The van der Waals surface area contributed by atoms with E-state index in [4.69, 9.17) is 5.73 Å². The zero-order valence-corrected chi connectivity index (χ0v) is 12.7. The van der Waals surface area contributed by atoms with Gasteiger partial charge in [0.05, 0.1) is 17.1 Å². The Bertz CT molecular complexity index is 859. The topological polar surface area (TPSA) is 64.7 Å². The van der Waals surface area contributed by atoms with Gasteiger partial charge in [-0.25, -0.2) is 15.0 Å². The van der Waals surface area contributed by atoms with Crippen LogP contribution in [0.3, 0.4) is 0 Å². The summed E-state index contributed by atoms with van der Waals surface area (Å²) in [6.07, 6.45) is -2.33. The molecule has 0 aliphatic rings. The Morgan fingerprint density at radius 1 is 0.917 bits per heavy atom. The van der Waals surface area contributed by atoms with E-state index in [9.17, 15) is 13.2 Å². The maximum atomic E-state index is 12.6. The minimum Gasteiger partial charge on any atom is -0.397 e. The van der Waals surface area contributed by atoms with Crippen LogP contribution < -0.4 is 5.73 Å². The first-order valence-electron chi connectivity index (χ1n) is 7.08. The standard InChI is InChI=1S/C17H13F3N4/c1-10-7-13(21)15(11-5-3-2-4-6-11)24-14(10)12-8-22-16(23-9-12)17(18,19)20/h2-9H,21H2,1H3. The Hall–Kier alpha value is -2.96. The summed E-state index contributed by atoms with van der Waals surface area (Å²) in [5.41, 5.74) is 9.55. The molecule has 0 unspecified atom stereocenters. The molecule has 0 aliphatic heterocycles. The molecule has 0 amide bonds. The van der Waals surface area contributed by atoms with Crippen LogP contribution in [-0.4, -0.2) is 15.0 Å². The average Bonchev–Trinajstić information content (AvgIpc) is 2.55.